The van der Waals surface area contributed by atoms with E-state index in [0.717, 1.165) is 28.6 Å². The van der Waals surface area contributed by atoms with Crippen molar-refractivity contribution in [1.29, 1.82) is 0 Å². The molecule has 1 unspecified atom stereocenters. The Bertz CT molecular complexity index is 2860. The van der Waals surface area contributed by atoms with Crippen LogP contribution in [0.3, 0.4) is 0 Å². The molecule has 2 nitrogen and oxygen atoms in total. The number of benzene rings is 9. The van der Waals surface area contributed by atoms with E-state index in [2.05, 4.69) is 223 Å². The lowest BCUT2D eigenvalue weighted by molar-refractivity contribution is 0.487. The highest BCUT2D eigenvalue weighted by Gasteiger charge is 2.53. The third kappa shape index (κ3) is 5.00. The third-order valence-electron chi connectivity index (χ3n) is 11.9. The zero-order valence-corrected chi connectivity index (χ0v) is 32.9. The van der Waals surface area contributed by atoms with E-state index in [4.69, 9.17) is 4.74 Å². The first-order valence-corrected chi connectivity index (χ1v) is 23.1. The van der Waals surface area contributed by atoms with Gasteiger partial charge in [0.1, 0.15) is 20.3 Å². The monoisotopic (exact) mass is 747 g/mol. The Labute approximate surface area is 330 Å². The molecule has 0 radical (unpaired) electrons. The molecule has 0 saturated heterocycles. The summed E-state index contributed by atoms with van der Waals surface area (Å²) >= 11 is 0. The van der Waals surface area contributed by atoms with Crippen LogP contribution in [0.5, 0.6) is 11.5 Å². The standard InChI is InChI=1S/C52H37NOSi2/c1-3-16-37(17-4-1)38-30-32-40(33-31-38)53(44-23-15-19-39-18-7-8-22-43(39)44)41-34-35-48-52(36-41)56(49-27-12-9-24-45(49)54-46-25-10-13-28-50(46)56)51-29-14-11-26-47(51)55(48)42-20-5-2-6-21-42/h1-36,55H. The van der Waals surface area contributed by atoms with Crippen molar-refractivity contribution in [2.24, 2.45) is 0 Å². The van der Waals surface area contributed by atoms with Gasteiger partial charge >= 0.3 is 0 Å². The van der Waals surface area contributed by atoms with Crippen molar-refractivity contribution < 1.29 is 4.74 Å². The maximum absolute atomic E-state index is 6.79. The lowest BCUT2D eigenvalue weighted by Crippen LogP contribution is -2.87. The van der Waals surface area contributed by atoms with Crippen LogP contribution in [0.1, 0.15) is 0 Å². The van der Waals surface area contributed by atoms with Crippen molar-refractivity contribution in [2.75, 3.05) is 4.90 Å². The summed E-state index contributed by atoms with van der Waals surface area (Å²) in [5.41, 5.74) is 5.85. The summed E-state index contributed by atoms with van der Waals surface area (Å²) in [5, 5.41) is 12.5. The van der Waals surface area contributed by atoms with Gasteiger partial charge in [0.2, 0.25) is 0 Å². The fraction of sp³-hybridized carbons (Fsp3) is 0. The predicted molar refractivity (Wildman–Crippen MR) is 240 cm³/mol. The van der Waals surface area contributed by atoms with E-state index in [9.17, 15) is 0 Å². The molecule has 9 aromatic carbocycles. The van der Waals surface area contributed by atoms with Crippen LogP contribution < -0.4 is 45.9 Å². The van der Waals surface area contributed by atoms with Crippen LogP contribution in [-0.2, 0) is 0 Å². The van der Waals surface area contributed by atoms with Crippen LogP contribution in [0, 0.1) is 0 Å². The molecule has 4 heteroatoms. The molecule has 2 heterocycles. The maximum atomic E-state index is 6.79. The van der Waals surface area contributed by atoms with Crippen LogP contribution in [0.2, 0.25) is 0 Å². The molecule has 1 atom stereocenters. The smallest absolute Gasteiger partial charge is 0.188 e. The Hall–Kier alpha value is -6.73. The second-order valence-corrected chi connectivity index (χ2v) is 21.2. The van der Waals surface area contributed by atoms with Crippen LogP contribution >= 0.6 is 0 Å². The molecule has 0 amide bonds. The number of nitrogens with zero attached hydrogens (tertiary/aromatic N) is 1. The van der Waals surface area contributed by atoms with Crippen molar-refractivity contribution in [2.45, 2.75) is 0 Å². The molecule has 56 heavy (non-hydrogen) atoms. The molecular formula is C52H37NOSi2. The van der Waals surface area contributed by atoms with Crippen molar-refractivity contribution in [3.8, 4) is 22.6 Å². The van der Waals surface area contributed by atoms with E-state index in [1.807, 2.05) is 0 Å². The van der Waals surface area contributed by atoms with Gasteiger partial charge in [-0.1, -0.05) is 191 Å². The van der Waals surface area contributed by atoms with Gasteiger partial charge in [-0.15, -0.1) is 0 Å². The average molecular weight is 748 g/mol. The first-order valence-electron chi connectivity index (χ1n) is 19.4. The molecule has 0 bridgehead atoms. The number of rotatable bonds is 5. The summed E-state index contributed by atoms with van der Waals surface area (Å²) in [6.07, 6.45) is 0. The minimum absolute atomic E-state index is 0.964. The normalized spacial score (nSPS) is 14.5. The Morgan fingerprint density at radius 2 is 0.946 bits per heavy atom. The molecule has 9 aromatic rings. The summed E-state index contributed by atoms with van der Waals surface area (Å²) in [6, 6.07) is 81.0. The first-order chi connectivity index (χ1) is 27.8. The van der Waals surface area contributed by atoms with Crippen molar-refractivity contribution in [1.82, 2.24) is 0 Å². The second kappa shape index (κ2) is 13.2. The lowest BCUT2D eigenvalue weighted by atomic mass is 10.0. The van der Waals surface area contributed by atoms with Gasteiger partial charge in [-0.25, -0.2) is 0 Å². The summed E-state index contributed by atoms with van der Waals surface area (Å²) < 4.78 is 6.79. The molecule has 0 aromatic heterocycles. The number of hydrogen-bond donors (Lipinski definition) is 0. The third-order valence-corrected chi connectivity index (χ3v) is 20.7. The zero-order valence-electron chi connectivity index (χ0n) is 30.7. The summed E-state index contributed by atoms with van der Waals surface area (Å²) in [7, 11) is -4.84. The van der Waals surface area contributed by atoms with Crippen LogP contribution in [-0.4, -0.2) is 16.9 Å². The highest BCUT2D eigenvalue weighted by Crippen LogP contribution is 2.40. The van der Waals surface area contributed by atoms with Gasteiger partial charge in [-0.05, 0) is 79.7 Å². The average Bonchev–Trinajstić information content (AvgIpc) is 3.27. The number of hydrogen-bond acceptors (Lipinski definition) is 2. The van der Waals surface area contributed by atoms with E-state index in [1.165, 1.54) is 58.2 Å². The largest absolute Gasteiger partial charge is 0.458 e. The van der Waals surface area contributed by atoms with Gasteiger partial charge in [-0.3, -0.25) is 0 Å². The molecule has 0 aliphatic carbocycles. The zero-order chi connectivity index (χ0) is 37.1. The first kappa shape index (κ1) is 32.7. The van der Waals surface area contributed by atoms with E-state index >= 15 is 0 Å². The van der Waals surface area contributed by atoms with E-state index < -0.39 is 16.9 Å². The molecule has 11 rings (SSSR count). The van der Waals surface area contributed by atoms with Gasteiger partial charge < -0.3 is 9.64 Å². The molecule has 264 valence electrons. The lowest BCUT2D eigenvalue weighted by Gasteiger charge is -2.46. The van der Waals surface area contributed by atoms with Gasteiger partial charge in [0, 0.05) is 16.8 Å². The topological polar surface area (TPSA) is 12.5 Å². The molecule has 2 aliphatic rings. The number of anilines is 3. The van der Waals surface area contributed by atoms with Gasteiger partial charge in [0.05, 0.1) is 5.69 Å². The molecule has 0 fully saturated rings. The Kier molecular flexibility index (Phi) is 7.73. The number of ether oxygens (including phenoxy) is 1. The highest BCUT2D eigenvalue weighted by molar-refractivity contribution is 7.27. The Balaban J connectivity index is 1.23. The van der Waals surface area contributed by atoms with Crippen LogP contribution in [0.15, 0.2) is 218 Å². The minimum atomic E-state index is -2.93. The summed E-state index contributed by atoms with van der Waals surface area (Å²) in [6.45, 7) is 0. The summed E-state index contributed by atoms with van der Waals surface area (Å²) in [4.78, 5) is 2.48. The maximum Gasteiger partial charge on any atom is 0.188 e. The van der Waals surface area contributed by atoms with Crippen LogP contribution in [0.25, 0.3) is 21.9 Å². The van der Waals surface area contributed by atoms with E-state index in [1.54, 1.807) is 0 Å². The van der Waals surface area contributed by atoms with Gasteiger partial charge in [0.25, 0.3) is 0 Å². The number of fused-ring (bicyclic) bond motifs is 9. The van der Waals surface area contributed by atoms with E-state index in [0.29, 0.717) is 0 Å². The van der Waals surface area contributed by atoms with Crippen LogP contribution in [0.4, 0.5) is 17.1 Å². The molecule has 1 spiro atoms. The summed E-state index contributed by atoms with van der Waals surface area (Å²) in [5.74, 6) is 1.93. The van der Waals surface area contributed by atoms with Crippen molar-refractivity contribution in [3.05, 3.63) is 218 Å². The second-order valence-electron chi connectivity index (χ2n) is 14.8. The van der Waals surface area contributed by atoms with Gasteiger partial charge in [0.15, 0.2) is 8.07 Å². The molecule has 0 N–H and O–H groups in total. The van der Waals surface area contributed by atoms with Crippen molar-refractivity contribution >= 4 is 81.0 Å². The number of para-hydroxylation sites is 2. The minimum Gasteiger partial charge on any atom is -0.458 e. The van der Waals surface area contributed by atoms with Crippen molar-refractivity contribution in [3.63, 3.8) is 0 Å². The Morgan fingerprint density at radius 3 is 1.70 bits per heavy atom. The van der Waals surface area contributed by atoms with Gasteiger partial charge in [-0.2, -0.15) is 0 Å². The van der Waals surface area contributed by atoms with E-state index in [-0.39, 0.29) is 0 Å². The molecule has 0 saturated carbocycles. The SMILES string of the molecule is c1ccc(-c2ccc(N(c3ccc4c(c3)[Si]3(c5ccccc5Oc5ccccc53)c3ccccc3[SiH]4c3ccccc3)c3cccc4ccccc34)cc2)cc1. The highest BCUT2D eigenvalue weighted by atomic mass is 28.3. The quantitative estimate of drug-likeness (QED) is 0.166. The predicted octanol–water partition coefficient (Wildman–Crippen LogP) is 8.02. The fourth-order valence-electron chi connectivity index (χ4n) is 9.51. The fourth-order valence-corrected chi connectivity index (χ4v) is 19.9. The molecule has 2 aliphatic heterocycles. The Morgan fingerprint density at radius 1 is 0.393 bits per heavy atom. The molecular weight excluding hydrogens is 711 g/mol.